The zero-order valence-electron chi connectivity index (χ0n) is 28.2. The highest BCUT2D eigenvalue weighted by Crippen LogP contribution is 2.30. The van der Waals surface area contributed by atoms with Crippen LogP contribution in [0.5, 0.6) is 0 Å². The van der Waals surface area contributed by atoms with Gasteiger partial charge in [-0.3, -0.25) is 4.57 Å². The maximum absolute atomic E-state index is 10.1. The Morgan fingerprint density at radius 2 is 0.925 bits per heavy atom. The molecule has 0 fully saturated rings. The van der Waals surface area contributed by atoms with Crippen molar-refractivity contribution in [3.8, 4) is 0 Å². The highest BCUT2D eigenvalue weighted by Gasteiger charge is 2.13. The van der Waals surface area contributed by atoms with E-state index in [0.29, 0.717) is 12.3 Å². The standard InChI is InChI=1S/C26H56N.C8H19O4P/c1-5-7-9-11-13-15-17-19-21-23-25-27(3,4)26-24-22-20-18-16-14-12-10-8-6-2;1-8(2)6-4-3-5-7-12-13(9,10)11/h5-26H2,1-4H3;8H,3-7H2,1-2H3,(H2,9,10,11)/q+1;/p-1. The Morgan fingerprint density at radius 1 is 0.600 bits per heavy atom. The summed E-state index contributed by atoms with van der Waals surface area (Å²) in [6, 6.07) is 0. The average molecular weight is 592 g/mol. The van der Waals surface area contributed by atoms with Gasteiger partial charge in [0.2, 0.25) is 0 Å². The van der Waals surface area contributed by atoms with E-state index in [-0.39, 0.29) is 6.61 Å². The highest BCUT2D eigenvalue weighted by molar-refractivity contribution is 7.44. The van der Waals surface area contributed by atoms with Gasteiger partial charge >= 0.3 is 0 Å². The molecule has 0 aromatic heterocycles. The van der Waals surface area contributed by atoms with E-state index in [1.54, 1.807) is 0 Å². The molecule has 0 heterocycles. The second-order valence-electron chi connectivity index (χ2n) is 13.3. The van der Waals surface area contributed by atoms with Gasteiger partial charge in [0.05, 0.1) is 33.8 Å². The van der Waals surface area contributed by atoms with Crippen molar-refractivity contribution in [2.45, 2.75) is 182 Å². The predicted octanol–water partition coefficient (Wildman–Crippen LogP) is 10.6. The summed E-state index contributed by atoms with van der Waals surface area (Å²) in [7, 11) is 0.408. The van der Waals surface area contributed by atoms with Crippen LogP contribution in [-0.4, -0.2) is 43.2 Å². The molecule has 0 amide bonds. The lowest BCUT2D eigenvalue weighted by Gasteiger charge is -2.30. The van der Waals surface area contributed by atoms with Crippen LogP contribution in [0.3, 0.4) is 0 Å². The third-order valence-electron chi connectivity index (χ3n) is 7.91. The number of nitrogens with zero attached hydrogens (tertiary/aromatic N) is 1. The van der Waals surface area contributed by atoms with Crippen molar-refractivity contribution < 1.29 is 23.4 Å². The molecule has 1 atom stereocenters. The van der Waals surface area contributed by atoms with Gasteiger partial charge in [-0.2, -0.15) is 0 Å². The van der Waals surface area contributed by atoms with Gasteiger partial charge in [-0.05, 0) is 38.0 Å². The van der Waals surface area contributed by atoms with E-state index in [2.05, 4.69) is 46.3 Å². The highest BCUT2D eigenvalue weighted by atomic mass is 31.2. The fourth-order valence-corrected chi connectivity index (χ4v) is 5.54. The SMILES string of the molecule is CC(C)CCCCCOP(=O)([O-])O.CCCCCCCCCCCC[N+](C)(C)CCCCCCCCCCCC. The summed E-state index contributed by atoms with van der Waals surface area (Å²) in [5.41, 5.74) is 0. The number of unbranched alkanes of at least 4 members (excludes halogenated alkanes) is 20. The second-order valence-corrected chi connectivity index (χ2v) is 14.5. The van der Waals surface area contributed by atoms with E-state index in [1.165, 1.54) is 146 Å². The fraction of sp³-hybridized carbons (Fsp3) is 1.00. The van der Waals surface area contributed by atoms with Gasteiger partial charge in [-0.1, -0.05) is 150 Å². The van der Waals surface area contributed by atoms with E-state index in [1.807, 2.05) is 0 Å². The zero-order chi connectivity index (χ0) is 30.4. The van der Waals surface area contributed by atoms with E-state index in [0.717, 1.165) is 19.3 Å². The van der Waals surface area contributed by atoms with Crippen molar-refractivity contribution in [3.05, 3.63) is 0 Å². The Balaban J connectivity index is 0. The van der Waals surface area contributed by atoms with Crippen molar-refractivity contribution in [3.63, 3.8) is 0 Å². The number of phosphoric ester groups is 1. The van der Waals surface area contributed by atoms with Crippen molar-refractivity contribution in [2.24, 2.45) is 5.92 Å². The minimum atomic E-state index is -4.48. The Hall–Kier alpha value is 0.0700. The molecule has 0 aromatic carbocycles. The van der Waals surface area contributed by atoms with Crippen LogP contribution in [0.1, 0.15) is 182 Å². The zero-order valence-corrected chi connectivity index (χ0v) is 29.1. The lowest BCUT2D eigenvalue weighted by molar-refractivity contribution is -0.890. The Labute approximate surface area is 252 Å². The summed E-state index contributed by atoms with van der Waals surface area (Å²) >= 11 is 0. The first-order chi connectivity index (χ1) is 19.0. The number of quaternary nitrogens is 1. The lowest BCUT2D eigenvalue weighted by atomic mass is 10.1. The molecule has 0 saturated heterocycles. The molecule has 0 aliphatic carbocycles. The summed E-state index contributed by atoms with van der Waals surface area (Å²) in [6.07, 6.45) is 32.8. The van der Waals surface area contributed by atoms with Crippen LogP contribution in [-0.2, 0) is 9.09 Å². The summed E-state index contributed by atoms with van der Waals surface area (Å²) in [5, 5.41) is 0. The third kappa shape index (κ3) is 40.2. The van der Waals surface area contributed by atoms with Crippen LogP contribution in [0.15, 0.2) is 0 Å². The first-order valence-electron chi connectivity index (χ1n) is 17.5. The van der Waals surface area contributed by atoms with Gasteiger partial charge in [-0.25, -0.2) is 0 Å². The van der Waals surface area contributed by atoms with Gasteiger partial charge in [0.1, 0.15) is 0 Å². The molecule has 0 bridgehead atoms. The van der Waals surface area contributed by atoms with Crippen LogP contribution >= 0.6 is 7.82 Å². The van der Waals surface area contributed by atoms with E-state index >= 15 is 0 Å². The normalized spacial score (nSPS) is 13.3. The molecule has 0 radical (unpaired) electrons. The molecule has 1 N–H and O–H groups in total. The smallest absolute Gasteiger partial charge is 0.265 e. The van der Waals surface area contributed by atoms with Crippen LogP contribution in [0.25, 0.3) is 0 Å². The maximum Gasteiger partial charge on any atom is 0.265 e. The molecule has 1 unspecified atom stereocenters. The Kier molecular flexibility index (Phi) is 32.2. The molecule has 0 spiro atoms. The molecule has 5 nitrogen and oxygen atoms in total. The van der Waals surface area contributed by atoms with Crippen LogP contribution in [0.4, 0.5) is 0 Å². The van der Waals surface area contributed by atoms with Crippen molar-refractivity contribution in [2.75, 3.05) is 33.8 Å². The summed E-state index contributed by atoms with van der Waals surface area (Å²) in [4.78, 5) is 18.4. The molecule has 0 saturated carbocycles. The van der Waals surface area contributed by atoms with Gasteiger partial charge in [0, 0.05) is 0 Å². The van der Waals surface area contributed by atoms with Crippen molar-refractivity contribution >= 4 is 7.82 Å². The van der Waals surface area contributed by atoms with Crippen LogP contribution in [0, 0.1) is 5.92 Å². The Morgan fingerprint density at radius 3 is 1.25 bits per heavy atom. The van der Waals surface area contributed by atoms with Gasteiger partial charge in [0.15, 0.2) is 0 Å². The number of hydrogen-bond donors (Lipinski definition) is 1. The lowest BCUT2D eigenvalue weighted by Crippen LogP contribution is -2.41. The summed E-state index contributed by atoms with van der Waals surface area (Å²) in [5.74, 6) is 0.685. The number of phosphoric acid groups is 1. The monoisotopic (exact) mass is 592 g/mol. The molecule has 244 valence electrons. The first kappa shape index (κ1) is 42.2. The predicted molar refractivity (Wildman–Crippen MR) is 175 cm³/mol. The average Bonchev–Trinajstić information content (AvgIpc) is 2.88. The minimum Gasteiger partial charge on any atom is -0.756 e. The van der Waals surface area contributed by atoms with E-state index in [9.17, 15) is 9.46 Å². The van der Waals surface area contributed by atoms with E-state index < -0.39 is 7.82 Å². The molecule has 0 aliphatic heterocycles. The molecule has 40 heavy (non-hydrogen) atoms. The van der Waals surface area contributed by atoms with E-state index in [4.69, 9.17) is 4.89 Å². The number of hydrogen-bond acceptors (Lipinski definition) is 3. The van der Waals surface area contributed by atoms with Gasteiger partial charge in [0.25, 0.3) is 7.82 Å². The van der Waals surface area contributed by atoms with Gasteiger partial charge in [-0.15, -0.1) is 0 Å². The topological polar surface area (TPSA) is 69.6 Å². The molecule has 0 rings (SSSR count). The van der Waals surface area contributed by atoms with Crippen LogP contribution in [0.2, 0.25) is 0 Å². The Bertz CT molecular complexity index is 510. The largest absolute Gasteiger partial charge is 0.756 e. The maximum atomic E-state index is 10.1. The second kappa shape index (κ2) is 30.5. The molecular formula is C34H74NO4P. The molecule has 0 aromatic rings. The molecule has 0 aliphatic rings. The first-order valence-corrected chi connectivity index (χ1v) is 19.0. The molecular weight excluding hydrogens is 517 g/mol. The summed E-state index contributed by atoms with van der Waals surface area (Å²) < 4.78 is 15.6. The van der Waals surface area contributed by atoms with Crippen LogP contribution < -0.4 is 4.89 Å². The third-order valence-corrected chi connectivity index (χ3v) is 8.42. The minimum absolute atomic E-state index is 0.0926. The molecule has 6 heteroatoms. The van der Waals surface area contributed by atoms with Crippen molar-refractivity contribution in [1.29, 1.82) is 0 Å². The van der Waals surface area contributed by atoms with Gasteiger partial charge < -0.3 is 18.8 Å². The quantitative estimate of drug-likeness (QED) is 0.0533. The number of rotatable bonds is 29. The van der Waals surface area contributed by atoms with Crippen molar-refractivity contribution in [1.82, 2.24) is 0 Å². The fourth-order valence-electron chi connectivity index (χ4n) is 5.18. The summed E-state index contributed by atoms with van der Waals surface area (Å²) in [6.45, 7) is 11.8.